The summed E-state index contributed by atoms with van der Waals surface area (Å²) in [6.07, 6.45) is 10.8. The largest absolute Gasteiger partial charge is 0.286 e. The maximum atomic E-state index is 12.4. The van der Waals surface area contributed by atoms with Crippen LogP contribution >= 0.6 is 24.0 Å². The minimum atomic E-state index is -0.206. The van der Waals surface area contributed by atoms with Gasteiger partial charge in [-0.1, -0.05) is 90.7 Å². The molecule has 128 valence electrons. The summed E-state index contributed by atoms with van der Waals surface area (Å²) in [5, 5.41) is 5.41. The number of hydrazone groups is 1. The standard InChI is InChI=1S/C21H16N2OS2/c24-20-19(15-7-13-17-9-3-1-4-10-17)26-21(25)23(20)22-16-8-14-18-11-5-2-6-12-18/h1-16H/b13-7-,14-8-,19-15+,22-16+. The summed E-state index contributed by atoms with van der Waals surface area (Å²) >= 11 is 6.50. The number of thiocarbonyl (C=S) groups is 1. The molecule has 0 unspecified atom stereocenters. The van der Waals surface area contributed by atoms with Crippen molar-refractivity contribution in [3.8, 4) is 0 Å². The summed E-state index contributed by atoms with van der Waals surface area (Å²) in [5.74, 6) is -0.206. The number of carbonyl (C=O) groups is 1. The number of benzene rings is 2. The van der Waals surface area contributed by atoms with E-state index in [4.69, 9.17) is 12.2 Å². The van der Waals surface area contributed by atoms with E-state index in [1.165, 1.54) is 16.8 Å². The molecule has 0 saturated carbocycles. The molecule has 1 heterocycles. The van der Waals surface area contributed by atoms with Crippen molar-refractivity contribution >= 4 is 52.6 Å². The first-order chi connectivity index (χ1) is 12.7. The van der Waals surface area contributed by atoms with Crippen LogP contribution in [0.1, 0.15) is 11.1 Å². The molecule has 0 N–H and O–H groups in total. The van der Waals surface area contributed by atoms with Crippen LogP contribution in [0, 0.1) is 0 Å². The first kappa shape index (κ1) is 18.0. The molecule has 26 heavy (non-hydrogen) atoms. The van der Waals surface area contributed by atoms with Crippen molar-refractivity contribution in [1.82, 2.24) is 5.01 Å². The van der Waals surface area contributed by atoms with E-state index in [1.807, 2.05) is 78.9 Å². The minimum Gasteiger partial charge on any atom is -0.266 e. The number of thioether (sulfide) groups is 1. The van der Waals surface area contributed by atoms with Crippen LogP contribution in [-0.2, 0) is 4.79 Å². The zero-order valence-corrected chi connectivity index (χ0v) is 15.5. The Bertz CT molecular complexity index is 900. The molecule has 5 heteroatoms. The molecule has 3 nitrogen and oxygen atoms in total. The molecule has 0 bridgehead atoms. The Hall–Kier alpha value is -2.76. The number of rotatable bonds is 5. The zero-order chi connectivity index (χ0) is 18.2. The van der Waals surface area contributed by atoms with Gasteiger partial charge in [0.05, 0.1) is 4.91 Å². The van der Waals surface area contributed by atoms with Gasteiger partial charge in [0.2, 0.25) is 0 Å². The Balaban J connectivity index is 1.63. The van der Waals surface area contributed by atoms with Gasteiger partial charge in [-0.2, -0.15) is 10.1 Å². The lowest BCUT2D eigenvalue weighted by Gasteiger charge is -2.04. The number of amides is 1. The molecule has 1 amide bonds. The third kappa shape index (κ3) is 4.88. The van der Waals surface area contributed by atoms with E-state index in [0.29, 0.717) is 9.23 Å². The number of carbonyl (C=O) groups excluding carboxylic acids is 1. The lowest BCUT2D eigenvalue weighted by atomic mass is 10.2. The third-order valence-corrected chi connectivity index (χ3v) is 4.77. The lowest BCUT2D eigenvalue weighted by Crippen LogP contribution is -2.21. The average Bonchev–Trinajstić information content (AvgIpc) is 2.94. The SMILES string of the molecule is O=C1/C(=C\C=C/c2ccccc2)SC(=S)N1/N=C/C=C\c1ccccc1. The van der Waals surface area contributed by atoms with Gasteiger partial charge >= 0.3 is 0 Å². The van der Waals surface area contributed by atoms with Gasteiger partial charge in [0.15, 0.2) is 4.32 Å². The van der Waals surface area contributed by atoms with Gasteiger partial charge in [0.1, 0.15) is 0 Å². The molecular weight excluding hydrogens is 360 g/mol. The predicted molar refractivity (Wildman–Crippen MR) is 115 cm³/mol. The highest BCUT2D eigenvalue weighted by Crippen LogP contribution is 2.31. The Kier molecular flexibility index (Phi) is 6.30. The molecule has 2 aromatic rings. The molecule has 2 aromatic carbocycles. The molecule has 1 fully saturated rings. The monoisotopic (exact) mass is 376 g/mol. The molecule has 0 spiro atoms. The molecule has 1 aliphatic rings. The summed E-state index contributed by atoms with van der Waals surface area (Å²) in [6, 6.07) is 19.8. The quantitative estimate of drug-likeness (QED) is 0.411. The Morgan fingerprint density at radius 3 is 2.08 bits per heavy atom. The molecule has 3 rings (SSSR count). The summed E-state index contributed by atoms with van der Waals surface area (Å²) in [5.41, 5.74) is 2.14. The van der Waals surface area contributed by atoms with Crippen molar-refractivity contribution in [2.24, 2.45) is 5.10 Å². The fourth-order valence-electron chi connectivity index (χ4n) is 2.21. The predicted octanol–water partition coefficient (Wildman–Crippen LogP) is 5.14. The average molecular weight is 377 g/mol. The first-order valence-electron chi connectivity index (χ1n) is 7.99. The second-order valence-electron chi connectivity index (χ2n) is 5.32. The van der Waals surface area contributed by atoms with E-state index < -0.39 is 0 Å². The Labute approximate surface area is 162 Å². The zero-order valence-electron chi connectivity index (χ0n) is 13.9. The molecular formula is C21H16N2OS2. The maximum absolute atomic E-state index is 12.4. The summed E-state index contributed by atoms with van der Waals surface area (Å²) in [7, 11) is 0. The van der Waals surface area contributed by atoms with Gasteiger partial charge in [-0.15, -0.1) is 0 Å². The van der Waals surface area contributed by atoms with Gasteiger partial charge < -0.3 is 0 Å². The van der Waals surface area contributed by atoms with Gasteiger partial charge in [-0.25, -0.2) is 0 Å². The van der Waals surface area contributed by atoms with E-state index >= 15 is 0 Å². The number of nitrogens with zero attached hydrogens (tertiary/aromatic N) is 2. The Morgan fingerprint density at radius 2 is 1.46 bits per heavy atom. The van der Waals surface area contributed by atoms with Gasteiger partial charge in [0.25, 0.3) is 5.91 Å². The number of allylic oxidation sites excluding steroid dienone is 3. The molecule has 0 atom stereocenters. The van der Waals surface area contributed by atoms with E-state index in [2.05, 4.69) is 5.10 Å². The maximum Gasteiger partial charge on any atom is 0.286 e. The fourth-order valence-corrected chi connectivity index (χ4v) is 3.33. The van der Waals surface area contributed by atoms with Crippen LogP contribution < -0.4 is 0 Å². The van der Waals surface area contributed by atoms with Crippen LogP contribution in [0.4, 0.5) is 0 Å². The van der Waals surface area contributed by atoms with E-state index in [0.717, 1.165) is 11.1 Å². The van der Waals surface area contributed by atoms with Crippen LogP contribution in [0.2, 0.25) is 0 Å². The highest BCUT2D eigenvalue weighted by atomic mass is 32.2. The van der Waals surface area contributed by atoms with Crippen LogP contribution in [0.15, 0.2) is 88.9 Å². The van der Waals surface area contributed by atoms with Crippen molar-refractivity contribution in [2.75, 3.05) is 0 Å². The van der Waals surface area contributed by atoms with Crippen LogP contribution in [0.5, 0.6) is 0 Å². The van der Waals surface area contributed by atoms with E-state index in [9.17, 15) is 4.79 Å². The fraction of sp³-hybridized carbons (Fsp3) is 0. The normalized spacial score (nSPS) is 16.8. The first-order valence-corrected chi connectivity index (χ1v) is 9.22. The summed E-state index contributed by atoms with van der Waals surface area (Å²) in [4.78, 5) is 13.0. The Morgan fingerprint density at radius 1 is 0.885 bits per heavy atom. The third-order valence-electron chi connectivity index (χ3n) is 3.47. The van der Waals surface area contributed by atoms with Gasteiger partial charge in [-0.05, 0) is 35.5 Å². The topological polar surface area (TPSA) is 32.7 Å². The number of hydrogen-bond donors (Lipinski definition) is 0. The highest BCUT2D eigenvalue weighted by Gasteiger charge is 2.31. The van der Waals surface area contributed by atoms with E-state index in [-0.39, 0.29) is 5.91 Å². The molecule has 0 aromatic heterocycles. The van der Waals surface area contributed by atoms with Crippen molar-refractivity contribution in [1.29, 1.82) is 0 Å². The smallest absolute Gasteiger partial charge is 0.266 e. The minimum absolute atomic E-state index is 0.206. The van der Waals surface area contributed by atoms with Crippen molar-refractivity contribution in [3.63, 3.8) is 0 Å². The lowest BCUT2D eigenvalue weighted by molar-refractivity contribution is -0.122. The second-order valence-corrected chi connectivity index (χ2v) is 7.00. The van der Waals surface area contributed by atoms with Crippen molar-refractivity contribution in [3.05, 3.63) is 94.9 Å². The summed E-state index contributed by atoms with van der Waals surface area (Å²) < 4.78 is 0.429. The van der Waals surface area contributed by atoms with Crippen LogP contribution in [0.25, 0.3) is 12.2 Å². The van der Waals surface area contributed by atoms with Crippen molar-refractivity contribution in [2.45, 2.75) is 0 Å². The van der Waals surface area contributed by atoms with E-state index in [1.54, 1.807) is 18.4 Å². The molecule has 1 aliphatic heterocycles. The van der Waals surface area contributed by atoms with Crippen LogP contribution in [-0.4, -0.2) is 21.5 Å². The molecule has 0 radical (unpaired) electrons. The second kappa shape index (κ2) is 9.08. The van der Waals surface area contributed by atoms with Gasteiger partial charge in [0, 0.05) is 6.21 Å². The van der Waals surface area contributed by atoms with Crippen molar-refractivity contribution < 1.29 is 4.79 Å². The summed E-state index contributed by atoms with van der Waals surface area (Å²) in [6.45, 7) is 0. The van der Waals surface area contributed by atoms with Crippen LogP contribution in [0.3, 0.4) is 0 Å². The molecule has 1 saturated heterocycles. The number of hydrogen-bond acceptors (Lipinski definition) is 4. The van der Waals surface area contributed by atoms with Gasteiger partial charge in [-0.3, -0.25) is 4.79 Å². The molecule has 0 aliphatic carbocycles. The highest BCUT2D eigenvalue weighted by molar-refractivity contribution is 8.26.